The van der Waals surface area contributed by atoms with E-state index in [-0.39, 0.29) is 18.0 Å². The van der Waals surface area contributed by atoms with E-state index in [9.17, 15) is 9.59 Å². The molecule has 2 atom stereocenters. The van der Waals surface area contributed by atoms with Crippen LogP contribution in [0.1, 0.15) is 13.8 Å². The molecule has 2 unspecified atom stereocenters. The lowest BCUT2D eigenvalue weighted by Gasteiger charge is -2.33. The first-order valence-corrected chi connectivity index (χ1v) is 7.49. The van der Waals surface area contributed by atoms with Crippen LogP contribution in [-0.2, 0) is 9.53 Å². The number of carbonyl (C=O) groups is 2. The molecule has 9 nitrogen and oxygen atoms in total. The molecule has 23 heavy (non-hydrogen) atoms. The molecule has 0 bridgehead atoms. The summed E-state index contributed by atoms with van der Waals surface area (Å²) in [7, 11) is 4.75. The van der Waals surface area contributed by atoms with Crippen molar-refractivity contribution in [3.05, 3.63) is 0 Å². The lowest BCUT2D eigenvalue weighted by molar-refractivity contribution is -0.559. The molecule has 1 fully saturated rings. The Morgan fingerprint density at radius 3 is 2.61 bits per heavy atom. The summed E-state index contributed by atoms with van der Waals surface area (Å²) in [6, 6.07) is -1.05. The molecule has 0 aromatic heterocycles. The number of ether oxygens (including phenoxy) is 1. The zero-order valence-corrected chi connectivity index (χ0v) is 14.0. The second-order valence-electron chi connectivity index (χ2n) is 5.85. The lowest BCUT2D eigenvalue weighted by Crippen LogP contribution is -2.63. The maximum atomic E-state index is 12.7. The average molecular weight is 321 g/mol. The number of likely N-dealkylation sites (N-methyl/N-ethyl adjacent to an activating group) is 2. The van der Waals surface area contributed by atoms with Crippen LogP contribution in [0.25, 0.3) is 0 Å². The van der Waals surface area contributed by atoms with Crippen molar-refractivity contribution in [1.29, 1.82) is 0 Å². The number of methoxy groups -OCH3 is 1. The number of hydrogen-bond donors (Lipinski definition) is 0. The Balaban J connectivity index is 2.05. The first-order valence-electron chi connectivity index (χ1n) is 7.49. The number of imide groups is 1. The molecule has 3 heterocycles. The van der Waals surface area contributed by atoms with E-state index < -0.39 is 6.04 Å². The highest BCUT2D eigenvalue weighted by Crippen LogP contribution is 2.24. The number of aliphatic imine (C=N–C) groups is 1. The van der Waals surface area contributed by atoms with Gasteiger partial charge in [-0.3, -0.25) is 14.6 Å². The second-order valence-corrected chi connectivity index (χ2v) is 5.85. The highest BCUT2D eigenvalue weighted by Gasteiger charge is 2.55. The molecule has 3 rings (SSSR count). The van der Waals surface area contributed by atoms with Crippen LogP contribution in [0.5, 0.6) is 0 Å². The van der Waals surface area contributed by atoms with Gasteiger partial charge < -0.3 is 4.74 Å². The van der Waals surface area contributed by atoms with Gasteiger partial charge in [-0.05, 0) is 13.8 Å². The SMILES string of the molecule is COCCN1N=C(C)C(C)[N+]2=C1N=C1C2C(=O)N(C)C(=O)N1C. The van der Waals surface area contributed by atoms with Gasteiger partial charge in [-0.15, -0.1) is 10.1 Å². The monoisotopic (exact) mass is 321 g/mol. The van der Waals surface area contributed by atoms with Gasteiger partial charge in [0.25, 0.3) is 5.91 Å². The van der Waals surface area contributed by atoms with Crippen LogP contribution in [-0.4, -0.2) is 95.3 Å². The molecule has 3 amide bonds. The molecule has 3 aliphatic heterocycles. The standard InChI is InChI=1S/C14H21N6O3/c1-8-9(2)20-10-11(17(3)14(22)18(4)12(10)21)15-13(20)19(16-8)6-7-23-5/h9-10H,6-7H2,1-5H3/q+1. The van der Waals surface area contributed by atoms with Gasteiger partial charge in [0.05, 0.1) is 12.3 Å². The van der Waals surface area contributed by atoms with E-state index in [0.717, 1.165) is 10.6 Å². The first kappa shape index (κ1) is 15.6. The summed E-state index contributed by atoms with van der Waals surface area (Å²) in [6.45, 7) is 4.91. The summed E-state index contributed by atoms with van der Waals surface area (Å²) in [5, 5.41) is 6.28. The molecule has 0 aromatic carbocycles. The Morgan fingerprint density at radius 2 is 1.96 bits per heavy atom. The van der Waals surface area contributed by atoms with Crippen LogP contribution in [0.2, 0.25) is 0 Å². The molecule has 0 aliphatic carbocycles. The second kappa shape index (κ2) is 5.41. The summed E-state index contributed by atoms with van der Waals surface area (Å²) in [5.74, 6) is 0.769. The number of amides is 3. The quantitative estimate of drug-likeness (QED) is 0.649. The Kier molecular flexibility index (Phi) is 3.67. The van der Waals surface area contributed by atoms with Crippen LogP contribution < -0.4 is 0 Å². The summed E-state index contributed by atoms with van der Waals surface area (Å²) in [5.41, 5.74) is 0.885. The van der Waals surface area contributed by atoms with Gasteiger partial charge in [-0.2, -0.15) is 0 Å². The van der Waals surface area contributed by atoms with Crippen molar-refractivity contribution in [2.75, 3.05) is 34.4 Å². The van der Waals surface area contributed by atoms with Gasteiger partial charge in [0.15, 0.2) is 0 Å². The van der Waals surface area contributed by atoms with E-state index in [0.29, 0.717) is 24.9 Å². The van der Waals surface area contributed by atoms with Crippen molar-refractivity contribution < 1.29 is 18.9 Å². The minimum absolute atomic E-state index is 0.0750. The molecular weight excluding hydrogens is 300 g/mol. The molecule has 1 saturated heterocycles. The number of nitrogens with zero attached hydrogens (tertiary/aromatic N) is 6. The third kappa shape index (κ3) is 2.14. The largest absolute Gasteiger partial charge is 0.417 e. The Hall–Kier alpha value is -2.29. The molecule has 3 aliphatic rings. The maximum Gasteiger partial charge on any atom is 0.417 e. The van der Waals surface area contributed by atoms with Gasteiger partial charge in [0.1, 0.15) is 12.6 Å². The predicted octanol–water partition coefficient (Wildman–Crippen LogP) is -0.614. The van der Waals surface area contributed by atoms with Crippen LogP contribution in [0.3, 0.4) is 0 Å². The number of rotatable bonds is 3. The number of carbonyl (C=O) groups excluding carboxylic acids is 2. The molecular formula is C14H21N6O3+. The Morgan fingerprint density at radius 1 is 1.26 bits per heavy atom. The average Bonchev–Trinajstić information content (AvgIpc) is 2.94. The van der Waals surface area contributed by atoms with Crippen LogP contribution in [0.4, 0.5) is 4.79 Å². The number of amidine groups is 1. The summed E-state index contributed by atoms with van der Waals surface area (Å²) in [4.78, 5) is 31.9. The van der Waals surface area contributed by atoms with E-state index in [2.05, 4.69) is 10.1 Å². The summed E-state index contributed by atoms with van der Waals surface area (Å²) < 4.78 is 7.04. The number of fused-ring (bicyclic) bond motifs is 2. The smallest absolute Gasteiger partial charge is 0.381 e. The third-order valence-electron chi connectivity index (χ3n) is 4.49. The van der Waals surface area contributed by atoms with Crippen molar-refractivity contribution >= 4 is 29.4 Å². The highest BCUT2D eigenvalue weighted by molar-refractivity contribution is 6.23. The minimum atomic E-state index is -0.594. The number of guanidine groups is 1. The molecule has 0 saturated carbocycles. The zero-order chi connectivity index (χ0) is 16.9. The molecule has 9 heteroatoms. The summed E-state index contributed by atoms with van der Waals surface area (Å²) in [6.07, 6.45) is 0. The molecule has 0 radical (unpaired) electrons. The molecule has 0 spiro atoms. The molecule has 0 aromatic rings. The van der Waals surface area contributed by atoms with Crippen molar-refractivity contribution in [3.8, 4) is 0 Å². The molecule has 0 N–H and O–H groups in total. The first-order chi connectivity index (χ1) is 10.9. The van der Waals surface area contributed by atoms with Crippen LogP contribution in [0, 0.1) is 0 Å². The maximum absolute atomic E-state index is 12.7. The lowest BCUT2D eigenvalue weighted by atomic mass is 10.1. The van der Waals surface area contributed by atoms with Crippen molar-refractivity contribution in [3.63, 3.8) is 0 Å². The van der Waals surface area contributed by atoms with E-state index in [1.54, 1.807) is 19.2 Å². The van der Waals surface area contributed by atoms with Gasteiger partial charge in [-0.1, -0.05) is 4.99 Å². The van der Waals surface area contributed by atoms with E-state index in [4.69, 9.17) is 4.74 Å². The fraction of sp³-hybridized carbons (Fsp3) is 0.643. The zero-order valence-electron chi connectivity index (χ0n) is 14.0. The van der Waals surface area contributed by atoms with Gasteiger partial charge in [-0.25, -0.2) is 9.37 Å². The Bertz CT molecular complexity index is 667. The van der Waals surface area contributed by atoms with E-state index in [1.807, 2.05) is 18.4 Å². The van der Waals surface area contributed by atoms with Crippen molar-refractivity contribution in [1.82, 2.24) is 14.8 Å². The normalized spacial score (nSPS) is 27.3. The van der Waals surface area contributed by atoms with Crippen LogP contribution in [0.15, 0.2) is 10.1 Å². The topological polar surface area (TPSA) is 80.8 Å². The van der Waals surface area contributed by atoms with Crippen LogP contribution >= 0.6 is 0 Å². The number of urea groups is 1. The van der Waals surface area contributed by atoms with E-state index >= 15 is 0 Å². The fourth-order valence-electron chi connectivity index (χ4n) is 2.99. The van der Waals surface area contributed by atoms with Crippen molar-refractivity contribution in [2.24, 2.45) is 10.1 Å². The van der Waals surface area contributed by atoms with Gasteiger partial charge >= 0.3 is 12.0 Å². The van der Waals surface area contributed by atoms with E-state index in [1.165, 1.54) is 11.9 Å². The fourth-order valence-corrected chi connectivity index (χ4v) is 2.99. The Labute approximate surface area is 134 Å². The summed E-state index contributed by atoms with van der Waals surface area (Å²) >= 11 is 0. The molecule has 124 valence electrons. The van der Waals surface area contributed by atoms with Gasteiger partial charge in [0.2, 0.25) is 11.9 Å². The number of hydrazone groups is 1. The minimum Gasteiger partial charge on any atom is -0.381 e. The predicted molar refractivity (Wildman–Crippen MR) is 83.6 cm³/mol. The third-order valence-corrected chi connectivity index (χ3v) is 4.49. The highest BCUT2D eigenvalue weighted by atomic mass is 16.5. The van der Waals surface area contributed by atoms with Gasteiger partial charge in [0, 0.05) is 21.2 Å². The number of hydrogen-bond acceptors (Lipinski definition) is 6. The van der Waals surface area contributed by atoms with Crippen molar-refractivity contribution in [2.45, 2.75) is 25.9 Å².